The van der Waals surface area contributed by atoms with Crippen molar-refractivity contribution in [1.82, 2.24) is 4.98 Å². The summed E-state index contributed by atoms with van der Waals surface area (Å²) in [5.74, 6) is 1.56. The number of pyridine rings is 1. The Morgan fingerprint density at radius 1 is 1.24 bits per heavy atom. The Morgan fingerprint density at radius 2 is 2.14 bits per heavy atom. The molecule has 0 spiro atoms. The fourth-order valence-corrected chi connectivity index (χ4v) is 2.83. The van der Waals surface area contributed by atoms with Crippen LogP contribution in [-0.2, 0) is 11.2 Å². The molecule has 0 bridgehead atoms. The van der Waals surface area contributed by atoms with Crippen LogP contribution in [-0.4, -0.2) is 17.4 Å². The Kier molecular flexibility index (Phi) is 4.29. The smallest absolute Gasteiger partial charge is 0.133 e. The Labute approximate surface area is 125 Å². The molecule has 0 aliphatic carbocycles. The highest BCUT2D eigenvalue weighted by Crippen LogP contribution is 2.35. The van der Waals surface area contributed by atoms with Crippen LogP contribution < -0.4 is 4.74 Å². The van der Waals surface area contributed by atoms with E-state index in [1.807, 2.05) is 36.5 Å². The van der Waals surface area contributed by atoms with Crippen LogP contribution in [0.3, 0.4) is 0 Å². The molecule has 1 atom stereocenters. The van der Waals surface area contributed by atoms with Gasteiger partial charge in [-0.2, -0.15) is 0 Å². The zero-order valence-electron chi connectivity index (χ0n) is 12.0. The lowest BCUT2D eigenvalue weighted by Crippen LogP contribution is -2.17. The van der Waals surface area contributed by atoms with E-state index in [1.165, 1.54) is 5.56 Å². The Hall–Kier alpha value is -2.16. The van der Waals surface area contributed by atoms with Crippen LogP contribution >= 0.6 is 0 Å². The second-order valence-corrected chi connectivity index (χ2v) is 5.48. The number of Topliss-reactive ketones (excluding diaryl/α,β-unsaturated/α-hetero) is 1. The maximum atomic E-state index is 12.2. The highest BCUT2D eigenvalue weighted by molar-refractivity contribution is 5.79. The molecule has 1 aromatic carbocycles. The SMILES string of the molecule is O=C(CCc1cccnc1)CC1CCOc2ccccc21. The van der Waals surface area contributed by atoms with Crippen LogP contribution in [0.2, 0.25) is 0 Å². The summed E-state index contributed by atoms with van der Waals surface area (Å²) in [5, 5.41) is 0. The summed E-state index contributed by atoms with van der Waals surface area (Å²) in [6.45, 7) is 0.706. The molecule has 1 unspecified atom stereocenters. The molecule has 1 aliphatic rings. The Morgan fingerprint density at radius 3 is 3.00 bits per heavy atom. The van der Waals surface area contributed by atoms with Crippen molar-refractivity contribution >= 4 is 5.78 Å². The lowest BCUT2D eigenvalue weighted by atomic mass is 9.88. The van der Waals surface area contributed by atoms with Gasteiger partial charge in [-0.3, -0.25) is 9.78 Å². The molecule has 0 saturated heterocycles. The first-order valence-electron chi connectivity index (χ1n) is 7.45. The van der Waals surface area contributed by atoms with Crippen molar-refractivity contribution in [3.63, 3.8) is 0 Å². The lowest BCUT2D eigenvalue weighted by Gasteiger charge is -2.25. The van der Waals surface area contributed by atoms with Crippen LogP contribution in [0, 0.1) is 0 Å². The van der Waals surface area contributed by atoms with Gasteiger partial charge in [0.1, 0.15) is 11.5 Å². The van der Waals surface area contributed by atoms with Crippen LogP contribution in [0.4, 0.5) is 0 Å². The van der Waals surface area contributed by atoms with Gasteiger partial charge in [0.05, 0.1) is 6.61 Å². The third kappa shape index (κ3) is 3.48. The number of aromatic nitrogens is 1. The summed E-state index contributed by atoms with van der Waals surface area (Å²) in [6, 6.07) is 12.0. The molecule has 3 rings (SSSR count). The molecule has 0 radical (unpaired) electrons. The minimum Gasteiger partial charge on any atom is -0.493 e. The molecule has 108 valence electrons. The number of fused-ring (bicyclic) bond motifs is 1. The van der Waals surface area contributed by atoms with Crippen LogP contribution in [0.15, 0.2) is 48.8 Å². The van der Waals surface area contributed by atoms with Gasteiger partial charge in [-0.05, 0) is 42.0 Å². The van der Waals surface area contributed by atoms with Gasteiger partial charge >= 0.3 is 0 Å². The average molecular weight is 281 g/mol. The second kappa shape index (κ2) is 6.53. The van der Waals surface area contributed by atoms with Crippen LogP contribution in [0.5, 0.6) is 5.75 Å². The molecule has 1 aliphatic heterocycles. The van der Waals surface area contributed by atoms with Gasteiger partial charge in [0.15, 0.2) is 0 Å². The number of carbonyl (C=O) groups is 1. The standard InChI is InChI=1S/C18H19NO2/c20-16(8-7-14-4-3-10-19-13-14)12-15-9-11-21-18-6-2-1-5-17(15)18/h1-6,10,13,15H,7-9,11-12H2. The number of ketones is 1. The van der Waals surface area contributed by atoms with Gasteiger partial charge in [-0.25, -0.2) is 0 Å². The zero-order valence-corrected chi connectivity index (χ0v) is 12.0. The first-order chi connectivity index (χ1) is 10.3. The third-order valence-electron chi connectivity index (χ3n) is 3.97. The highest BCUT2D eigenvalue weighted by atomic mass is 16.5. The first kappa shape index (κ1) is 13.8. The summed E-state index contributed by atoms with van der Waals surface area (Å²) in [7, 11) is 0. The van der Waals surface area contributed by atoms with Crippen molar-refractivity contribution in [2.45, 2.75) is 31.6 Å². The van der Waals surface area contributed by atoms with Crippen molar-refractivity contribution in [3.8, 4) is 5.75 Å². The van der Waals surface area contributed by atoms with Gasteiger partial charge in [0.2, 0.25) is 0 Å². The third-order valence-corrected chi connectivity index (χ3v) is 3.97. The minimum absolute atomic E-state index is 0.302. The van der Waals surface area contributed by atoms with Gasteiger partial charge in [-0.1, -0.05) is 24.3 Å². The molecule has 0 saturated carbocycles. The van der Waals surface area contributed by atoms with E-state index in [0.29, 0.717) is 31.1 Å². The molecule has 2 heterocycles. The summed E-state index contributed by atoms with van der Waals surface area (Å²) < 4.78 is 5.64. The van der Waals surface area contributed by atoms with Crippen molar-refractivity contribution in [2.75, 3.05) is 6.61 Å². The van der Waals surface area contributed by atoms with Crippen molar-refractivity contribution in [2.24, 2.45) is 0 Å². The van der Waals surface area contributed by atoms with Crippen molar-refractivity contribution in [1.29, 1.82) is 0 Å². The number of ether oxygens (including phenoxy) is 1. The molecule has 0 fully saturated rings. The maximum absolute atomic E-state index is 12.2. The molecule has 21 heavy (non-hydrogen) atoms. The highest BCUT2D eigenvalue weighted by Gasteiger charge is 2.23. The monoisotopic (exact) mass is 281 g/mol. The van der Waals surface area contributed by atoms with E-state index in [1.54, 1.807) is 6.20 Å². The van der Waals surface area contributed by atoms with E-state index < -0.39 is 0 Å². The van der Waals surface area contributed by atoms with Crippen LogP contribution in [0.25, 0.3) is 0 Å². The van der Waals surface area contributed by atoms with Gasteiger partial charge in [0.25, 0.3) is 0 Å². The number of para-hydroxylation sites is 1. The molecular weight excluding hydrogens is 262 g/mol. The summed E-state index contributed by atoms with van der Waals surface area (Å²) in [4.78, 5) is 16.3. The molecule has 0 amide bonds. The zero-order chi connectivity index (χ0) is 14.5. The largest absolute Gasteiger partial charge is 0.493 e. The van der Waals surface area contributed by atoms with E-state index in [9.17, 15) is 4.79 Å². The molecule has 3 nitrogen and oxygen atoms in total. The Balaban J connectivity index is 1.58. The van der Waals surface area contributed by atoms with E-state index in [-0.39, 0.29) is 0 Å². The van der Waals surface area contributed by atoms with E-state index in [0.717, 1.165) is 24.2 Å². The van der Waals surface area contributed by atoms with Gasteiger partial charge in [-0.15, -0.1) is 0 Å². The first-order valence-corrected chi connectivity index (χ1v) is 7.45. The number of carbonyl (C=O) groups excluding carboxylic acids is 1. The molecule has 1 aromatic heterocycles. The number of nitrogens with zero attached hydrogens (tertiary/aromatic N) is 1. The van der Waals surface area contributed by atoms with Crippen molar-refractivity contribution < 1.29 is 9.53 Å². The van der Waals surface area contributed by atoms with Crippen LogP contribution in [0.1, 0.15) is 36.3 Å². The summed E-state index contributed by atoms with van der Waals surface area (Å²) >= 11 is 0. The number of hydrogen-bond acceptors (Lipinski definition) is 3. The second-order valence-electron chi connectivity index (χ2n) is 5.48. The quantitative estimate of drug-likeness (QED) is 0.841. The Bertz CT molecular complexity index is 610. The van der Waals surface area contributed by atoms with E-state index >= 15 is 0 Å². The normalized spacial score (nSPS) is 16.9. The molecule has 0 N–H and O–H groups in total. The number of rotatable bonds is 5. The fraction of sp³-hybridized carbons (Fsp3) is 0.333. The van der Waals surface area contributed by atoms with Crippen molar-refractivity contribution in [3.05, 3.63) is 59.9 Å². The fourth-order valence-electron chi connectivity index (χ4n) is 2.83. The van der Waals surface area contributed by atoms with Gasteiger partial charge in [0, 0.05) is 25.2 Å². The minimum atomic E-state index is 0.302. The van der Waals surface area contributed by atoms with Gasteiger partial charge < -0.3 is 4.74 Å². The molecule has 3 heteroatoms. The van der Waals surface area contributed by atoms with E-state index in [2.05, 4.69) is 11.1 Å². The number of benzene rings is 1. The maximum Gasteiger partial charge on any atom is 0.133 e. The predicted octanol–water partition coefficient (Wildman–Crippen LogP) is 3.54. The molecule has 2 aromatic rings. The molecular formula is C18H19NO2. The number of aryl methyl sites for hydroxylation is 1. The number of hydrogen-bond donors (Lipinski definition) is 0. The summed E-state index contributed by atoms with van der Waals surface area (Å²) in [6.07, 6.45) is 6.49. The average Bonchev–Trinajstić information content (AvgIpc) is 2.54. The predicted molar refractivity (Wildman–Crippen MR) is 81.5 cm³/mol. The summed E-state index contributed by atoms with van der Waals surface area (Å²) in [5.41, 5.74) is 2.30. The lowest BCUT2D eigenvalue weighted by molar-refractivity contribution is -0.119. The van der Waals surface area contributed by atoms with E-state index in [4.69, 9.17) is 4.74 Å². The topological polar surface area (TPSA) is 39.2 Å².